The molecule has 0 aromatic carbocycles. The number of hydrogen-bond acceptors (Lipinski definition) is 12. The molecular formula is H10B4NaO17-11. The van der Waals surface area contributed by atoms with Gasteiger partial charge in [0.05, 0.1) is 0 Å². The largest absolute Gasteiger partial charge is 1.00 e. The van der Waals surface area contributed by atoms with Gasteiger partial charge in [-0.15, -0.1) is 0 Å². The second kappa shape index (κ2) is 57.8. The Balaban J connectivity index is -0.00000001000. The van der Waals surface area contributed by atoms with E-state index in [4.69, 9.17) is 60.3 Å². The van der Waals surface area contributed by atoms with Crippen molar-refractivity contribution < 1.29 is 117 Å². The second-order valence-corrected chi connectivity index (χ2v) is 1.15. The minimum atomic E-state index is -2.92. The van der Waals surface area contributed by atoms with E-state index < -0.39 is 29.3 Å². The van der Waals surface area contributed by atoms with Crippen molar-refractivity contribution in [2.24, 2.45) is 0 Å². The summed E-state index contributed by atoms with van der Waals surface area (Å²) >= 11 is 0. The SMILES string of the molecule is O.O.O.O.O.[Na+].[O-]B([O-])[O-].[O-]B([O-])[O-].[O-]B([O-])[O-].[O-]B([O-])[O-]. The standard InChI is InChI=1S/4BO3.Na.5H2O/c4*2-1(3)4;;;;;;/h;;;;;5*1H2/q4*-3;+1;;;;;. The van der Waals surface area contributed by atoms with Crippen molar-refractivity contribution in [3.63, 3.8) is 0 Å². The van der Waals surface area contributed by atoms with Crippen LogP contribution in [0.4, 0.5) is 0 Å². The van der Waals surface area contributed by atoms with Crippen LogP contribution in [0.15, 0.2) is 0 Å². The van der Waals surface area contributed by atoms with Gasteiger partial charge in [0.2, 0.25) is 0 Å². The molecule has 0 spiro atoms. The smallest absolute Gasteiger partial charge is 0.907 e. The Morgan fingerprint density at radius 1 is 0.273 bits per heavy atom. The van der Waals surface area contributed by atoms with E-state index in [9.17, 15) is 0 Å². The van der Waals surface area contributed by atoms with Crippen LogP contribution >= 0.6 is 0 Å². The van der Waals surface area contributed by atoms with Crippen molar-refractivity contribution in [1.29, 1.82) is 0 Å². The first-order chi connectivity index (χ1) is 6.93. The molecule has 0 atom stereocenters. The number of rotatable bonds is 0. The van der Waals surface area contributed by atoms with Crippen LogP contribution in [0.5, 0.6) is 0 Å². The van der Waals surface area contributed by atoms with Crippen LogP contribution in [0.25, 0.3) is 0 Å². The summed E-state index contributed by atoms with van der Waals surface area (Å²) in [4.78, 5) is 0. The molecule has 0 bridgehead atoms. The van der Waals surface area contributed by atoms with Gasteiger partial charge in [0.25, 0.3) is 0 Å². The Morgan fingerprint density at radius 3 is 0.273 bits per heavy atom. The van der Waals surface area contributed by atoms with E-state index in [-0.39, 0.29) is 56.9 Å². The monoisotopic (exact) mass is 349 g/mol. The molecule has 17 nitrogen and oxygen atoms in total. The van der Waals surface area contributed by atoms with Gasteiger partial charge in [-0.1, -0.05) is 0 Å². The van der Waals surface area contributed by atoms with Crippen molar-refractivity contribution in [3.05, 3.63) is 0 Å². The molecule has 0 aliphatic heterocycles. The average molecular weight is 348 g/mol. The van der Waals surface area contributed by atoms with Gasteiger partial charge in [0, 0.05) is 0 Å². The van der Waals surface area contributed by atoms with Gasteiger partial charge in [0.15, 0.2) is 0 Å². The molecule has 0 aliphatic rings. The first-order valence-electron chi connectivity index (χ1n) is 2.83. The summed E-state index contributed by atoms with van der Waals surface area (Å²) in [6.07, 6.45) is 0. The van der Waals surface area contributed by atoms with Crippen molar-refractivity contribution in [1.82, 2.24) is 0 Å². The van der Waals surface area contributed by atoms with E-state index in [1.54, 1.807) is 0 Å². The summed E-state index contributed by atoms with van der Waals surface area (Å²) in [6.45, 7) is 0. The Bertz CT molecular complexity index is 63.6. The van der Waals surface area contributed by atoms with Gasteiger partial charge in [-0.05, 0) is 0 Å². The Kier molecular flexibility index (Phi) is 174. The molecule has 0 aromatic rings. The third-order valence-corrected chi connectivity index (χ3v) is 0. The van der Waals surface area contributed by atoms with Gasteiger partial charge in [0.1, 0.15) is 0 Å². The fraction of sp³-hybridized carbons (Fsp3) is 0. The summed E-state index contributed by atoms with van der Waals surface area (Å²) < 4.78 is 0. The molecule has 0 aliphatic carbocycles. The quantitative estimate of drug-likeness (QED) is 0.368. The molecule has 0 saturated carbocycles. The third kappa shape index (κ3) is 23500. The molecule has 0 unspecified atom stereocenters. The van der Waals surface area contributed by atoms with Gasteiger partial charge >= 0.3 is 29.6 Å². The van der Waals surface area contributed by atoms with Crippen LogP contribution < -0.4 is 89.8 Å². The van der Waals surface area contributed by atoms with Crippen LogP contribution in [0.1, 0.15) is 0 Å². The topological polar surface area (TPSA) is 434 Å². The number of hydrogen-bond donors (Lipinski definition) is 0. The van der Waals surface area contributed by atoms with Crippen LogP contribution in [0.3, 0.4) is 0 Å². The van der Waals surface area contributed by atoms with E-state index in [1.165, 1.54) is 0 Å². The zero-order valence-corrected chi connectivity index (χ0v) is 12.7. The molecule has 0 amide bonds. The first-order valence-corrected chi connectivity index (χ1v) is 2.83. The summed E-state index contributed by atoms with van der Waals surface area (Å²) in [5.74, 6) is 0. The summed E-state index contributed by atoms with van der Waals surface area (Å²) in [5.41, 5.74) is 0. The van der Waals surface area contributed by atoms with Gasteiger partial charge in [-0.3, -0.25) is 29.3 Å². The molecule has 0 saturated heterocycles. The van der Waals surface area contributed by atoms with E-state index in [0.717, 1.165) is 0 Å². The predicted octanol–water partition coefficient (Wildman–Crippen LogP) is -22.9. The van der Waals surface area contributed by atoms with Gasteiger partial charge < -0.3 is 87.7 Å². The minimum Gasteiger partial charge on any atom is -0.907 e. The second-order valence-electron chi connectivity index (χ2n) is 1.15. The first kappa shape index (κ1) is 66.4. The van der Waals surface area contributed by atoms with Crippen LogP contribution in [0, 0.1) is 0 Å². The molecule has 10 N–H and O–H groups in total. The van der Waals surface area contributed by atoms with E-state index in [1.807, 2.05) is 0 Å². The summed E-state index contributed by atoms with van der Waals surface area (Å²) in [6, 6.07) is 0. The molecular weight excluding hydrogens is 338 g/mol. The molecule has 0 aromatic heterocycles. The van der Waals surface area contributed by atoms with Crippen LogP contribution in [0.2, 0.25) is 0 Å². The summed E-state index contributed by atoms with van der Waals surface area (Å²) in [7, 11) is -11.7. The third-order valence-electron chi connectivity index (χ3n) is 0. The molecule has 0 fully saturated rings. The Morgan fingerprint density at radius 2 is 0.273 bits per heavy atom. The predicted molar refractivity (Wildman–Crippen MR) is 41.1 cm³/mol. The normalized spacial score (nSPS) is 4.91. The fourth-order valence-corrected chi connectivity index (χ4v) is 0. The van der Waals surface area contributed by atoms with Gasteiger partial charge in [-0.2, -0.15) is 0 Å². The van der Waals surface area contributed by atoms with Crippen molar-refractivity contribution in [2.45, 2.75) is 0 Å². The maximum Gasteiger partial charge on any atom is 1.00 e. The molecule has 22 heavy (non-hydrogen) atoms. The summed E-state index contributed by atoms with van der Waals surface area (Å²) in [5, 5.41) is 101. The van der Waals surface area contributed by atoms with Crippen molar-refractivity contribution in [2.75, 3.05) is 0 Å². The zero-order chi connectivity index (χ0) is 14.3. The molecule has 136 valence electrons. The van der Waals surface area contributed by atoms with Crippen LogP contribution in [-0.2, 0) is 0 Å². The maximum absolute atomic E-state index is 8.42. The zero-order valence-electron chi connectivity index (χ0n) is 10.7. The van der Waals surface area contributed by atoms with Crippen molar-refractivity contribution in [3.8, 4) is 0 Å². The van der Waals surface area contributed by atoms with E-state index >= 15 is 0 Å². The molecule has 0 radical (unpaired) electrons. The minimum absolute atomic E-state index is 0. The van der Waals surface area contributed by atoms with E-state index in [0.29, 0.717) is 0 Å². The van der Waals surface area contributed by atoms with Crippen molar-refractivity contribution >= 4 is 29.3 Å². The maximum atomic E-state index is 8.42. The molecule has 22 heteroatoms. The van der Waals surface area contributed by atoms with Gasteiger partial charge in [-0.25, -0.2) is 0 Å². The van der Waals surface area contributed by atoms with E-state index in [2.05, 4.69) is 0 Å². The van der Waals surface area contributed by atoms with Crippen LogP contribution in [-0.4, -0.2) is 56.7 Å². The Hall–Kier alpha value is 0.580. The fourth-order valence-electron chi connectivity index (χ4n) is 0. The molecule has 0 rings (SSSR count). The average Bonchev–Trinajstić information content (AvgIpc) is 1.76. The Labute approximate surface area is 146 Å². The molecule has 0 heterocycles.